The molecular formula is C24H20N4O3. The fourth-order valence-electron chi connectivity index (χ4n) is 3.19. The lowest BCUT2D eigenvalue weighted by Gasteiger charge is -2.10. The van der Waals surface area contributed by atoms with Crippen LogP contribution in [0.15, 0.2) is 88.8 Å². The maximum atomic E-state index is 12.9. The van der Waals surface area contributed by atoms with Crippen molar-refractivity contribution in [2.45, 2.75) is 6.54 Å². The first kappa shape index (κ1) is 20.0. The van der Waals surface area contributed by atoms with Crippen molar-refractivity contribution in [2.24, 2.45) is 5.10 Å². The number of fused-ring (bicyclic) bond motifs is 1. The van der Waals surface area contributed by atoms with Crippen LogP contribution in [0.1, 0.15) is 5.56 Å². The first-order valence-corrected chi connectivity index (χ1v) is 9.67. The summed E-state index contributed by atoms with van der Waals surface area (Å²) < 4.78 is 6.28. The van der Waals surface area contributed by atoms with Gasteiger partial charge in [0, 0.05) is 10.9 Å². The number of amides is 1. The fraction of sp³-hybridized carbons (Fsp3) is 0.0833. The van der Waals surface area contributed by atoms with Crippen LogP contribution in [0.5, 0.6) is 5.75 Å². The van der Waals surface area contributed by atoms with Crippen LogP contribution >= 0.6 is 0 Å². The summed E-state index contributed by atoms with van der Waals surface area (Å²) in [6.45, 7) is -0.247. The van der Waals surface area contributed by atoms with E-state index in [4.69, 9.17) is 4.74 Å². The Labute approximate surface area is 178 Å². The second kappa shape index (κ2) is 9.04. The molecular weight excluding hydrogens is 392 g/mol. The number of hydrogen-bond donors (Lipinski definition) is 1. The Morgan fingerprint density at radius 2 is 1.68 bits per heavy atom. The van der Waals surface area contributed by atoms with Crippen molar-refractivity contribution in [1.29, 1.82) is 0 Å². The molecule has 1 heterocycles. The number of carbonyl (C=O) groups excluding carboxylic acids is 1. The van der Waals surface area contributed by atoms with Gasteiger partial charge in [0.15, 0.2) is 0 Å². The van der Waals surface area contributed by atoms with E-state index in [9.17, 15) is 9.59 Å². The number of hydrazone groups is 1. The lowest BCUT2D eigenvalue weighted by Crippen LogP contribution is -2.32. The van der Waals surface area contributed by atoms with Crippen LogP contribution in [0.3, 0.4) is 0 Å². The average Bonchev–Trinajstić information content (AvgIpc) is 2.82. The molecule has 0 unspecified atom stereocenters. The molecule has 31 heavy (non-hydrogen) atoms. The van der Waals surface area contributed by atoms with Gasteiger partial charge in [0.25, 0.3) is 11.5 Å². The molecule has 7 nitrogen and oxygen atoms in total. The average molecular weight is 412 g/mol. The Kier molecular flexibility index (Phi) is 5.84. The van der Waals surface area contributed by atoms with Crippen LogP contribution in [-0.4, -0.2) is 29.0 Å². The SMILES string of the molecule is COc1ccc(/C=N/NC(=O)Cn2nc(-c3ccccc3)c3ccccc3c2=O)cc1. The zero-order valence-electron chi connectivity index (χ0n) is 16.9. The number of hydrogen-bond acceptors (Lipinski definition) is 5. The highest BCUT2D eigenvalue weighted by Crippen LogP contribution is 2.24. The molecule has 154 valence electrons. The normalized spacial score (nSPS) is 11.0. The number of aromatic nitrogens is 2. The quantitative estimate of drug-likeness (QED) is 0.389. The summed E-state index contributed by atoms with van der Waals surface area (Å²) in [6, 6.07) is 24.0. The van der Waals surface area contributed by atoms with Gasteiger partial charge in [-0.3, -0.25) is 9.59 Å². The van der Waals surface area contributed by atoms with Crippen LogP contribution in [0.25, 0.3) is 22.0 Å². The summed E-state index contributed by atoms with van der Waals surface area (Å²) >= 11 is 0. The molecule has 0 saturated carbocycles. The van der Waals surface area contributed by atoms with Gasteiger partial charge in [0.1, 0.15) is 12.3 Å². The highest BCUT2D eigenvalue weighted by molar-refractivity contribution is 5.93. The Balaban J connectivity index is 1.57. The molecule has 0 aliphatic heterocycles. The number of ether oxygens (including phenoxy) is 1. The number of rotatable bonds is 6. The van der Waals surface area contributed by atoms with Gasteiger partial charge in [-0.2, -0.15) is 10.2 Å². The number of nitrogens with one attached hydrogen (secondary N) is 1. The molecule has 0 spiro atoms. The Hall–Kier alpha value is -4.26. The number of benzene rings is 3. The van der Waals surface area contributed by atoms with Gasteiger partial charge >= 0.3 is 0 Å². The third kappa shape index (κ3) is 4.51. The summed E-state index contributed by atoms with van der Waals surface area (Å²) in [5.41, 5.74) is 4.42. The van der Waals surface area contributed by atoms with E-state index in [0.29, 0.717) is 11.1 Å². The summed E-state index contributed by atoms with van der Waals surface area (Å²) in [6.07, 6.45) is 1.52. The molecule has 0 fully saturated rings. The zero-order valence-corrected chi connectivity index (χ0v) is 16.9. The third-order valence-corrected chi connectivity index (χ3v) is 4.73. The third-order valence-electron chi connectivity index (χ3n) is 4.73. The summed E-state index contributed by atoms with van der Waals surface area (Å²) in [5, 5.41) is 9.68. The molecule has 0 radical (unpaired) electrons. The van der Waals surface area contributed by atoms with Gasteiger partial charge in [-0.1, -0.05) is 48.5 Å². The monoisotopic (exact) mass is 412 g/mol. The van der Waals surface area contributed by atoms with Crippen LogP contribution in [0.2, 0.25) is 0 Å². The molecule has 1 aromatic heterocycles. The molecule has 0 aliphatic carbocycles. The van der Waals surface area contributed by atoms with Crippen LogP contribution in [0.4, 0.5) is 0 Å². The number of carbonyl (C=O) groups is 1. The van der Waals surface area contributed by atoms with Gasteiger partial charge in [0.2, 0.25) is 0 Å². The van der Waals surface area contributed by atoms with E-state index in [2.05, 4.69) is 15.6 Å². The summed E-state index contributed by atoms with van der Waals surface area (Å²) in [4.78, 5) is 25.3. The standard InChI is InChI=1S/C24H20N4O3/c1-31-19-13-11-17(12-14-19)15-25-26-22(29)16-28-24(30)21-10-6-5-9-20(21)23(27-28)18-7-3-2-4-8-18/h2-15H,16H2,1H3,(H,26,29)/b25-15+. The van der Waals surface area contributed by atoms with E-state index < -0.39 is 5.91 Å². The second-order valence-corrected chi connectivity index (χ2v) is 6.79. The van der Waals surface area contributed by atoms with Crippen LogP contribution in [-0.2, 0) is 11.3 Å². The van der Waals surface area contributed by atoms with Crippen molar-refractivity contribution in [3.63, 3.8) is 0 Å². The first-order valence-electron chi connectivity index (χ1n) is 9.67. The predicted molar refractivity (Wildman–Crippen MR) is 120 cm³/mol. The predicted octanol–water partition coefficient (Wildman–Crippen LogP) is 3.22. The van der Waals surface area contributed by atoms with Crippen molar-refractivity contribution < 1.29 is 9.53 Å². The largest absolute Gasteiger partial charge is 0.497 e. The highest BCUT2D eigenvalue weighted by Gasteiger charge is 2.13. The van der Waals surface area contributed by atoms with E-state index in [1.165, 1.54) is 10.9 Å². The molecule has 0 atom stereocenters. The first-order chi connectivity index (χ1) is 15.2. The van der Waals surface area contributed by atoms with E-state index in [0.717, 1.165) is 22.3 Å². The number of nitrogens with zero attached hydrogens (tertiary/aromatic N) is 3. The molecule has 1 N–H and O–H groups in total. The second-order valence-electron chi connectivity index (χ2n) is 6.79. The topological polar surface area (TPSA) is 85.6 Å². The van der Waals surface area contributed by atoms with Gasteiger partial charge < -0.3 is 4.74 Å². The number of methoxy groups -OCH3 is 1. The van der Waals surface area contributed by atoms with Gasteiger partial charge in [-0.25, -0.2) is 10.1 Å². The van der Waals surface area contributed by atoms with Crippen molar-refractivity contribution in [3.05, 3.63) is 94.8 Å². The van der Waals surface area contributed by atoms with Crippen LogP contribution < -0.4 is 15.7 Å². The van der Waals surface area contributed by atoms with E-state index >= 15 is 0 Å². The molecule has 0 bridgehead atoms. The van der Waals surface area contributed by atoms with Crippen molar-refractivity contribution in [1.82, 2.24) is 15.2 Å². The van der Waals surface area contributed by atoms with E-state index in [1.807, 2.05) is 54.6 Å². The molecule has 0 saturated heterocycles. The molecule has 7 heteroatoms. The summed E-state index contributed by atoms with van der Waals surface area (Å²) in [5.74, 6) is 0.283. The van der Waals surface area contributed by atoms with Gasteiger partial charge in [0.05, 0.1) is 24.4 Å². The lowest BCUT2D eigenvalue weighted by atomic mass is 10.1. The van der Waals surface area contributed by atoms with Crippen LogP contribution in [0, 0.1) is 0 Å². The molecule has 1 amide bonds. The smallest absolute Gasteiger partial charge is 0.275 e. The van der Waals surface area contributed by atoms with Crippen molar-refractivity contribution in [3.8, 4) is 17.0 Å². The molecule has 4 rings (SSSR count). The fourth-order valence-corrected chi connectivity index (χ4v) is 3.19. The molecule has 3 aromatic carbocycles. The van der Waals surface area contributed by atoms with Gasteiger partial charge in [-0.15, -0.1) is 0 Å². The minimum atomic E-state index is -0.450. The van der Waals surface area contributed by atoms with Gasteiger partial charge in [-0.05, 0) is 35.9 Å². The Morgan fingerprint density at radius 3 is 2.39 bits per heavy atom. The van der Waals surface area contributed by atoms with Crippen molar-refractivity contribution in [2.75, 3.05) is 7.11 Å². The minimum absolute atomic E-state index is 0.247. The highest BCUT2D eigenvalue weighted by atomic mass is 16.5. The minimum Gasteiger partial charge on any atom is -0.497 e. The zero-order chi connectivity index (χ0) is 21.6. The maximum absolute atomic E-state index is 12.9. The van der Waals surface area contributed by atoms with E-state index in [-0.39, 0.29) is 12.1 Å². The van der Waals surface area contributed by atoms with Crippen molar-refractivity contribution >= 4 is 22.9 Å². The Bertz CT molecular complexity index is 1300. The maximum Gasteiger partial charge on any atom is 0.275 e. The summed E-state index contributed by atoms with van der Waals surface area (Å²) in [7, 11) is 1.59. The Morgan fingerprint density at radius 1 is 1.00 bits per heavy atom. The lowest BCUT2D eigenvalue weighted by molar-refractivity contribution is -0.121. The molecule has 4 aromatic rings. The molecule has 0 aliphatic rings. The van der Waals surface area contributed by atoms with E-state index in [1.54, 1.807) is 31.4 Å².